The standard InChI is InChI=1S/C25H21F4N5O3/c1-2-36-16-11-32(12-16)24-23(29)22(8-9-30-24)37-21-7-6-15(10-20(21)28)34-25(35)33(14-31-34)13-17-18(26)4-3-5-19(17)27/h3-10,14,16H,2,11-13H2,1H3. The highest BCUT2D eigenvalue weighted by atomic mass is 19.1. The molecule has 0 bridgehead atoms. The summed E-state index contributed by atoms with van der Waals surface area (Å²) in [6, 6.07) is 8.22. The third-order valence-corrected chi connectivity index (χ3v) is 5.89. The van der Waals surface area contributed by atoms with Gasteiger partial charge in [0.25, 0.3) is 0 Å². The minimum atomic E-state index is -0.878. The van der Waals surface area contributed by atoms with E-state index in [9.17, 15) is 18.0 Å². The summed E-state index contributed by atoms with van der Waals surface area (Å²) in [4.78, 5) is 18.5. The smallest absolute Gasteiger partial charge is 0.350 e. The lowest BCUT2D eigenvalue weighted by Crippen LogP contribution is -2.53. The molecule has 0 amide bonds. The minimum absolute atomic E-state index is 0.00150. The predicted molar refractivity (Wildman–Crippen MR) is 125 cm³/mol. The second-order valence-corrected chi connectivity index (χ2v) is 8.30. The molecule has 37 heavy (non-hydrogen) atoms. The fourth-order valence-electron chi connectivity index (χ4n) is 3.96. The van der Waals surface area contributed by atoms with Crippen molar-refractivity contribution in [1.82, 2.24) is 19.3 Å². The largest absolute Gasteiger partial charge is 0.451 e. The van der Waals surface area contributed by atoms with E-state index >= 15 is 4.39 Å². The number of aromatic nitrogens is 4. The van der Waals surface area contributed by atoms with Crippen molar-refractivity contribution < 1.29 is 27.0 Å². The van der Waals surface area contributed by atoms with E-state index in [1.165, 1.54) is 30.5 Å². The summed E-state index contributed by atoms with van der Waals surface area (Å²) < 4.78 is 70.6. The first-order valence-corrected chi connectivity index (χ1v) is 11.4. The van der Waals surface area contributed by atoms with Gasteiger partial charge in [0.15, 0.2) is 23.1 Å². The van der Waals surface area contributed by atoms with E-state index in [0.29, 0.717) is 19.7 Å². The van der Waals surface area contributed by atoms with Crippen molar-refractivity contribution in [3.05, 3.63) is 94.3 Å². The zero-order valence-electron chi connectivity index (χ0n) is 19.6. The maximum Gasteiger partial charge on any atom is 0.350 e. The Bertz CT molecular complexity index is 1480. The molecule has 2 aromatic carbocycles. The summed E-state index contributed by atoms with van der Waals surface area (Å²) in [6.45, 7) is 3.01. The van der Waals surface area contributed by atoms with Gasteiger partial charge >= 0.3 is 5.69 Å². The molecular formula is C25H21F4N5O3. The Labute approximate surface area is 208 Å². The van der Waals surface area contributed by atoms with E-state index in [-0.39, 0.29) is 34.7 Å². The van der Waals surface area contributed by atoms with Crippen molar-refractivity contribution in [1.29, 1.82) is 0 Å². The second-order valence-electron chi connectivity index (χ2n) is 8.30. The number of nitrogens with zero attached hydrogens (tertiary/aromatic N) is 5. The van der Waals surface area contributed by atoms with Gasteiger partial charge in [0.05, 0.1) is 18.3 Å². The Hall–Kier alpha value is -4.19. The van der Waals surface area contributed by atoms with Crippen LogP contribution in [-0.4, -0.2) is 45.1 Å². The highest BCUT2D eigenvalue weighted by molar-refractivity contribution is 5.50. The molecule has 192 valence electrons. The first-order chi connectivity index (χ1) is 17.9. The highest BCUT2D eigenvalue weighted by Gasteiger charge is 2.31. The van der Waals surface area contributed by atoms with Gasteiger partial charge in [-0.05, 0) is 31.2 Å². The molecule has 12 heteroatoms. The van der Waals surface area contributed by atoms with E-state index in [2.05, 4.69) is 10.1 Å². The van der Waals surface area contributed by atoms with Crippen LogP contribution in [0.5, 0.6) is 11.5 Å². The fourth-order valence-corrected chi connectivity index (χ4v) is 3.96. The van der Waals surface area contributed by atoms with Crippen LogP contribution in [-0.2, 0) is 11.3 Å². The van der Waals surface area contributed by atoms with Crippen molar-refractivity contribution >= 4 is 5.82 Å². The van der Waals surface area contributed by atoms with Crippen LogP contribution < -0.4 is 15.3 Å². The summed E-state index contributed by atoms with van der Waals surface area (Å²) in [6.07, 6.45) is 2.45. The minimum Gasteiger partial charge on any atom is -0.451 e. The first-order valence-electron chi connectivity index (χ1n) is 11.4. The molecule has 1 fully saturated rings. The third kappa shape index (κ3) is 4.79. The Morgan fingerprint density at radius 1 is 1.00 bits per heavy atom. The average Bonchev–Trinajstić information content (AvgIpc) is 3.21. The SMILES string of the molecule is CCOC1CN(c2nccc(Oc3ccc(-n4ncn(Cc5c(F)cccc5F)c4=O)cc3F)c2F)C1. The topological polar surface area (TPSA) is 74.4 Å². The van der Waals surface area contributed by atoms with Gasteiger partial charge in [0.2, 0.25) is 5.82 Å². The molecule has 0 aliphatic carbocycles. The highest BCUT2D eigenvalue weighted by Crippen LogP contribution is 2.33. The molecule has 2 aromatic heterocycles. The zero-order valence-corrected chi connectivity index (χ0v) is 19.6. The summed E-state index contributed by atoms with van der Waals surface area (Å²) in [7, 11) is 0. The lowest BCUT2D eigenvalue weighted by atomic mass is 10.1. The van der Waals surface area contributed by atoms with E-state index in [1.807, 2.05) is 6.92 Å². The molecule has 8 nitrogen and oxygen atoms in total. The number of rotatable bonds is 8. The molecule has 0 saturated carbocycles. The van der Waals surface area contributed by atoms with Crippen LogP contribution in [0, 0.1) is 23.3 Å². The number of hydrogen-bond donors (Lipinski definition) is 0. The Kier molecular flexibility index (Phi) is 6.66. The van der Waals surface area contributed by atoms with Crippen molar-refractivity contribution in [2.45, 2.75) is 19.6 Å². The molecule has 0 N–H and O–H groups in total. The van der Waals surface area contributed by atoms with Gasteiger partial charge in [-0.2, -0.15) is 14.2 Å². The number of hydrogen-bond acceptors (Lipinski definition) is 6. The summed E-state index contributed by atoms with van der Waals surface area (Å²) in [5.41, 5.74) is -0.994. The number of halogens is 4. The summed E-state index contributed by atoms with van der Waals surface area (Å²) >= 11 is 0. The van der Waals surface area contributed by atoms with E-state index in [0.717, 1.165) is 33.8 Å². The van der Waals surface area contributed by atoms with Crippen LogP contribution >= 0.6 is 0 Å². The van der Waals surface area contributed by atoms with Crippen molar-refractivity contribution in [3.8, 4) is 17.2 Å². The van der Waals surface area contributed by atoms with Crippen molar-refractivity contribution in [2.75, 3.05) is 24.6 Å². The third-order valence-electron chi connectivity index (χ3n) is 5.89. The van der Waals surface area contributed by atoms with Crippen molar-refractivity contribution in [2.24, 2.45) is 0 Å². The molecule has 0 unspecified atom stereocenters. The van der Waals surface area contributed by atoms with E-state index in [1.54, 1.807) is 4.90 Å². The number of pyridine rings is 1. The normalized spacial score (nSPS) is 13.6. The van der Waals surface area contributed by atoms with Crippen LogP contribution in [0.2, 0.25) is 0 Å². The van der Waals surface area contributed by atoms with Crippen LogP contribution in [0.1, 0.15) is 12.5 Å². The summed E-state index contributed by atoms with van der Waals surface area (Å²) in [5, 5.41) is 3.91. The monoisotopic (exact) mass is 515 g/mol. The molecule has 3 heterocycles. The molecule has 0 spiro atoms. The molecule has 4 aromatic rings. The lowest BCUT2D eigenvalue weighted by Gasteiger charge is -2.39. The first kappa shape index (κ1) is 24.5. The Morgan fingerprint density at radius 3 is 2.46 bits per heavy atom. The van der Waals surface area contributed by atoms with E-state index in [4.69, 9.17) is 9.47 Å². The molecule has 1 saturated heterocycles. The Balaban J connectivity index is 1.34. The average molecular weight is 515 g/mol. The van der Waals surface area contributed by atoms with Gasteiger partial charge in [0, 0.05) is 43.6 Å². The van der Waals surface area contributed by atoms with Crippen LogP contribution in [0.15, 0.2) is 59.8 Å². The maximum atomic E-state index is 15.0. The van der Waals surface area contributed by atoms with Crippen LogP contribution in [0.4, 0.5) is 23.4 Å². The zero-order chi connectivity index (χ0) is 26.1. The summed E-state index contributed by atoms with van der Waals surface area (Å²) in [5.74, 6) is -3.65. The number of anilines is 1. The van der Waals surface area contributed by atoms with Crippen LogP contribution in [0.3, 0.4) is 0 Å². The lowest BCUT2D eigenvalue weighted by molar-refractivity contribution is 0.0423. The number of benzene rings is 2. The van der Waals surface area contributed by atoms with Gasteiger partial charge in [-0.1, -0.05) is 6.07 Å². The van der Waals surface area contributed by atoms with Crippen LogP contribution in [0.25, 0.3) is 5.69 Å². The Morgan fingerprint density at radius 2 is 1.76 bits per heavy atom. The van der Waals surface area contributed by atoms with Crippen molar-refractivity contribution in [3.63, 3.8) is 0 Å². The second kappa shape index (κ2) is 10.1. The van der Waals surface area contributed by atoms with Gasteiger partial charge in [0.1, 0.15) is 18.0 Å². The quantitative estimate of drug-likeness (QED) is 0.330. The maximum absolute atomic E-state index is 15.0. The van der Waals surface area contributed by atoms with Gasteiger partial charge < -0.3 is 14.4 Å². The molecule has 0 radical (unpaired) electrons. The van der Waals surface area contributed by atoms with Gasteiger partial charge in [-0.15, -0.1) is 0 Å². The molecular weight excluding hydrogens is 494 g/mol. The van der Waals surface area contributed by atoms with E-state index < -0.39 is 35.5 Å². The molecule has 1 aliphatic rings. The molecule has 5 rings (SSSR count). The number of ether oxygens (including phenoxy) is 2. The van der Waals surface area contributed by atoms with Gasteiger partial charge in [-0.3, -0.25) is 4.57 Å². The molecule has 0 atom stereocenters. The molecule has 1 aliphatic heterocycles. The van der Waals surface area contributed by atoms with Gasteiger partial charge in [-0.25, -0.2) is 22.9 Å². The predicted octanol–water partition coefficient (Wildman–Crippen LogP) is 4.05. The fraction of sp³-hybridized carbons (Fsp3) is 0.240.